The van der Waals surface area contributed by atoms with Crippen LogP contribution in [0.25, 0.3) is 5.65 Å². The van der Waals surface area contributed by atoms with Gasteiger partial charge in [0, 0.05) is 48.7 Å². The lowest BCUT2D eigenvalue weighted by atomic mass is 10.0. The van der Waals surface area contributed by atoms with Crippen molar-refractivity contribution in [3.05, 3.63) is 94.4 Å². The summed E-state index contributed by atoms with van der Waals surface area (Å²) < 4.78 is 43.7. The van der Waals surface area contributed by atoms with E-state index in [0.717, 1.165) is 31.1 Å². The number of nitrogens with zero attached hydrogens (tertiary/aromatic N) is 5. The van der Waals surface area contributed by atoms with Crippen LogP contribution < -0.4 is 5.32 Å². The number of aryl methyl sites for hydroxylation is 1. The maximum absolute atomic E-state index is 14.0. The van der Waals surface area contributed by atoms with Crippen LogP contribution in [0.1, 0.15) is 44.9 Å². The van der Waals surface area contributed by atoms with Crippen molar-refractivity contribution < 1.29 is 18.0 Å². The number of fused-ring (bicyclic) bond motifs is 1. The summed E-state index contributed by atoms with van der Waals surface area (Å²) in [6, 6.07) is 14.8. The molecule has 0 saturated carbocycles. The molecular formula is C30H29F3N6O. The highest BCUT2D eigenvalue weighted by molar-refractivity contribution is 6.04. The van der Waals surface area contributed by atoms with Gasteiger partial charge in [0.15, 0.2) is 5.65 Å². The van der Waals surface area contributed by atoms with E-state index in [1.807, 2.05) is 50.3 Å². The van der Waals surface area contributed by atoms with Gasteiger partial charge in [0.1, 0.15) is 0 Å². The molecule has 1 fully saturated rings. The second-order valence-corrected chi connectivity index (χ2v) is 10.2. The maximum atomic E-state index is 14.0. The summed E-state index contributed by atoms with van der Waals surface area (Å²) in [7, 11) is 3.96. The fraction of sp³-hybridized carbons (Fsp3) is 0.300. The fourth-order valence-electron chi connectivity index (χ4n) is 4.83. The zero-order valence-corrected chi connectivity index (χ0v) is 22.5. The largest absolute Gasteiger partial charge is 0.416 e. The highest BCUT2D eigenvalue weighted by Gasteiger charge is 2.35. The summed E-state index contributed by atoms with van der Waals surface area (Å²) in [6.45, 7) is 3.52. The van der Waals surface area contributed by atoms with Crippen LogP contribution in [0, 0.1) is 18.8 Å². The Hall–Kier alpha value is -4.20. The maximum Gasteiger partial charge on any atom is 0.416 e. The molecule has 7 nitrogen and oxygen atoms in total. The summed E-state index contributed by atoms with van der Waals surface area (Å²) in [5, 5.41) is 10.8. The van der Waals surface area contributed by atoms with Crippen LogP contribution in [0.4, 0.5) is 18.9 Å². The van der Waals surface area contributed by atoms with Gasteiger partial charge in [0.25, 0.3) is 5.91 Å². The SMILES string of the molecule is Cc1ccc(C(=O)Nc2ccc(CN3CCC(N(C)C)C3)c(C(F)(F)F)c2)cc1C#Cc1nnc2ccccn12. The van der Waals surface area contributed by atoms with Crippen molar-refractivity contribution in [3.8, 4) is 11.8 Å². The van der Waals surface area contributed by atoms with Gasteiger partial charge < -0.3 is 10.2 Å². The lowest BCUT2D eigenvalue weighted by molar-refractivity contribution is -0.138. The molecule has 40 heavy (non-hydrogen) atoms. The van der Waals surface area contributed by atoms with Gasteiger partial charge in [0.2, 0.25) is 5.82 Å². The number of likely N-dealkylation sites (N-methyl/N-ethyl adjacent to an activating group) is 1. The summed E-state index contributed by atoms with van der Waals surface area (Å²) in [5.74, 6) is 5.95. The number of likely N-dealkylation sites (tertiary alicyclic amines) is 1. The standard InChI is InChI=1S/C30H29F3N6O/c1-20-7-8-22(16-21(20)10-12-28-36-35-27-6-4-5-14-39(27)28)29(40)34-24-11-9-23(26(17-24)30(31,32)33)18-38-15-13-25(19-38)37(2)3/h4-9,11,14,16-17,25H,13,15,18-19H2,1-3H3,(H,34,40). The smallest absolute Gasteiger partial charge is 0.322 e. The Kier molecular flexibility index (Phi) is 7.61. The van der Waals surface area contributed by atoms with Crippen molar-refractivity contribution in [3.63, 3.8) is 0 Å². The zero-order chi connectivity index (χ0) is 28.4. The monoisotopic (exact) mass is 546 g/mol. The second kappa shape index (κ2) is 11.1. The van der Waals surface area contributed by atoms with Crippen molar-refractivity contribution in [2.24, 2.45) is 0 Å². The molecule has 2 aromatic carbocycles. The number of nitrogens with one attached hydrogen (secondary N) is 1. The lowest BCUT2D eigenvalue weighted by Crippen LogP contribution is -2.31. The first kappa shape index (κ1) is 27.4. The highest BCUT2D eigenvalue weighted by atomic mass is 19.4. The van der Waals surface area contributed by atoms with Gasteiger partial charge in [-0.05, 0) is 80.9 Å². The Labute approximate surface area is 230 Å². The van der Waals surface area contributed by atoms with E-state index in [2.05, 4.69) is 32.3 Å². The summed E-state index contributed by atoms with van der Waals surface area (Å²) >= 11 is 0. The molecule has 0 radical (unpaired) electrons. The molecule has 4 aromatic rings. The van der Waals surface area contributed by atoms with Crippen LogP contribution in [0.3, 0.4) is 0 Å². The van der Waals surface area contributed by atoms with E-state index in [9.17, 15) is 18.0 Å². The molecule has 0 bridgehead atoms. The molecule has 2 aromatic heterocycles. The molecule has 1 unspecified atom stereocenters. The Morgan fingerprint density at radius 2 is 1.93 bits per heavy atom. The van der Waals surface area contributed by atoms with E-state index in [0.29, 0.717) is 23.1 Å². The fourth-order valence-corrected chi connectivity index (χ4v) is 4.83. The molecule has 1 saturated heterocycles. The van der Waals surface area contributed by atoms with Gasteiger partial charge >= 0.3 is 6.18 Å². The van der Waals surface area contributed by atoms with E-state index in [1.165, 1.54) is 12.1 Å². The van der Waals surface area contributed by atoms with Crippen molar-refractivity contribution in [1.29, 1.82) is 0 Å². The molecule has 1 N–H and O–H groups in total. The normalized spacial score (nSPS) is 15.8. The summed E-state index contributed by atoms with van der Waals surface area (Å²) in [6.07, 6.45) is -1.82. The molecular weight excluding hydrogens is 517 g/mol. The van der Waals surface area contributed by atoms with Crippen molar-refractivity contribution in [2.75, 3.05) is 32.5 Å². The number of aromatic nitrogens is 3. The van der Waals surface area contributed by atoms with Crippen LogP contribution in [0.2, 0.25) is 0 Å². The van der Waals surface area contributed by atoms with Crippen LogP contribution in [0.15, 0.2) is 60.8 Å². The Morgan fingerprint density at radius 1 is 1.10 bits per heavy atom. The van der Waals surface area contributed by atoms with E-state index >= 15 is 0 Å². The number of carbonyl (C=O) groups is 1. The average Bonchev–Trinajstić information content (AvgIpc) is 3.56. The van der Waals surface area contributed by atoms with E-state index < -0.39 is 17.6 Å². The molecule has 1 atom stereocenters. The van der Waals surface area contributed by atoms with Crippen molar-refractivity contribution in [1.82, 2.24) is 24.4 Å². The number of pyridine rings is 1. The first-order valence-electron chi connectivity index (χ1n) is 12.9. The first-order valence-corrected chi connectivity index (χ1v) is 12.9. The van der Waals surface area contributed by atoms with Crippen LogP contribution >= 0.6 is 0 Å². The molecule has 1 aliphatic heterocycles. The molecule has 0 spiro atoms. The molecule has 1 amide bonds. The number of alkyl halides is 3. The number of rotatable bonds is 5. The van der Waals surface area contributed by atoms with Crippen molar-refractivity contribution in [2.45, 2.75) is 32.1 Å². The number of hydrogen-bond donors (Lipinski definition) is 1. The number of hydrogen-bond acceptors (Lipinski definition) is 5. The van der Waals surface area contributed by atoms with Gasteiger partial charge in [-0.15, -0.1) is 10.2 Å². The van der Waals surface area contributed by atoms with Gasteiger partial charge in [-0.25, -0.2) is 0 Å². The highest BCUT2D eigenvalue weighted by Crippen LogP contribution is 2.35. The quantitative estimate of drug-likeness (QED) is 0.363. The minimum atomic E-state index is -4.55. The van der Waals surface area contributed by atoms with E-state index in [-0.39, 0.29) is 23.4 Å². The minimum absolute atomic E-state index is 0.0804. The summed E-state index contributed by atoms with van der Waals surface area (Å²) in [4.78, 5) is 17.2. The van der Waals surface area contributed by atoms with Gasteiger partial charge in [-0.3, -0.25) is 14.1 Å². The Morgan fingerprint density at radius 3 is 2.67 bits per heavy atom. The van der Waals surface area contributed by atoms with E-state index in [1.54, 1.807) is 22.6 Å². The topological polar surface area (TPSA) is 65.8 Å². The third-order valence-electron chi connectivity index (χ3n) is 7.17. The second-order valence-electron chi connectivity index (χ2n) is 10.2. The number of carbonyl (C=O) groups excluding carboxylic acids is 1. The molecule has 206 valence electrons. The van der Waals surface area contributed by atoms with E-state index in [4.69, 9.17) is 0 Å². The van der Waals surface area contributed by atoms with Gasteiger partial charge in [-0.2, -0.15) is 13.2 Å². The number of benzene rings is 2. The van der Waals surface area contributed by atoms with Crippen LogP contribution in [-0.4, -0.2) is 63.5 Å². The average molecular weight is 547 g/mol. The van der Waals surface area contributed by atoms with Crippen molar-refractivity contribution >= 4 is 17.2 Å². The molecule has 0 aliphatic carbocycles. The predicted octanol–water partition coefficient (Wildman–Crippen LogP) is 4.84. The molecule has 5 rings (SSSR count). The van der Waals surface area contributed by atoms with Gasteiger partial charge in [-0.1, -0.05) is 24.1 Å². The number of anilines is 1. The molecule has 10 heteroatoms. The van der Waals surface area contributed by atoms with Crippen LogP contribution in [-0.2, 0) is 12.7 Å². The van der Waals surface area contributed by atoms with Crippen LogP contribution in [0.5, 0.6) is 0 Å². The Balaban J connectivity index is 1.34. The molecule has 1 aliphatic rings. The minimum Gasteiger partial charge on any atom is -0.322 e. The lowest BCUT2D eigenvalue weighted by Gasteiger charge is -2.22. The predicted molar refractivity (Wildman–Crippen MR) is 147 cm³/mol. The summed E-state index contributed by atoms with van der Waals surface area (Å²) in [5.41, 5.74) is 1.93. The number of amides is 1. The first-order chi connectivity index (χ1) is 19.1. The molecule has 3 heterocycles. The third kappa shape index (κ3) is 6.01. The van der Waals surface area contributed by atoms with Gasteiger partial charge in [0.05, 0.1) is 5.56 Å². The zero-order valence-electron chi connectivity index (χ0n) is 22.5. The third-order valence-corrected chi connectivity index (χ3v) is 7.17. The number of halogens is 3. The Bertz CT molecular complexity index is 1620.